The summed E-state index contributed by atoms with van der Waals surface area (Å²) in [5.74, 6) is -0.627. The highest BCUT2D eigenvalue weighted by Crippen LogP contribution is 2.29. The van der Waals surface area contributed by atoms with Crippen LogP contribution < -0.4 is 10.6 Å². The van der Waals surface area contributed by atoms with E-state index in [1.54, 1.807) is 24.3 Å². The highest BCUT2D eigenvalue weighted by atomic mass is 35.5. The van der Waals surface area contributed by atoms with E-state index >= 15 is 0 Å². The van der Waals surface area contributed by atoms with Crippen LogP contribution in [-0.2, 0) is 6.54 Å². The standard InChI is InChI=1S/C23H17ClN2O2/c24-20-21(23(28)19-9-5-4-8-18(19)22(20)27)26-17-12-10-15(11-13-17)14-25-16-6-2-1-3-7-16/h1-13,25-26H,14H2. The molecular weight excluding hydrogens is 372 g/mol. The zero-order valence-electron chi connectivity index (χ0n) is 14.9. The molecule has 0 saturated heterocycles. The lowest BCUT2D eigenvalue weighted by Crippen LogP contribution is -2.24. The lowest BCUT2D eigenvalue weighted by molar-refractivity contribution is 0.0982. The normalized spacial score (nSPS) is 13.3. The van der Waals surface area contributed by atoms with Crippen molar-refractivity contribution in [2.75, 3.05) is 10.6 Å². The maximum Gasteiger partial charge on any atom is 0.211 e. The fourth-order valence-electron chi connectivity index (χ4n) is 3.07. The molecule has 4 rings (SSSR count). The summed E-state index contributed by atoms with van der Waals surface area (Å²) in [5, 5.41) is 6.27. The van der Waals surface area contributed by atoms with Crippen molar-refractivity contribution in [2.45, 2.75) is 6.54 Å². The molecular formula is C23H17ClN2O2. The number of benzene rings is 3. The molecule has 0 aromatic heterocycles. The number of carbonyl (C=O) groups is 2. The Morgan fingerprint density at radius 3 is 1.96 bits per heavy atom. The van der Waals surface area contributed by atoms with E-state index in [1.165, 1.54) is 0 Å². The summed E-state index contributed by atoms with van der Waals surface area (Å²) in [6.45, 7) is 0.679. The molecule has 0 bridgehead atoms. The van der Waals surface area contributed by atoms with Gasteiger partial charge < -0.3 is 10.6 Å². The molecule has 0 saturated carbocycles. The highest BCUT2D eigenvalue weighted by molar-refractivity contribution is 6.50. The first-order valence-electron chi connectivity index (χ1n) is 8.86. The summed E-state index contributed by atoms with van der Waals surface area (Å²) >= 11 is 6.19. The molecule has 0 fully saturated rings. The topological polar surface area (TPSA) is 58.2 Å². The van der Waals surface area contributed by atoms with Gasteiger partial charge in [-0.2, -0.15) is 0 Å². The second-order valence-electron chi connectivity index (χ2n) is 6.43. The van der Waals surface area contributed by atoms with Gasteiger partial charge in [-0.05, 0) is 29.8 Å². The van der Waals surface area contributed by atoms with Crippen LogP contribution in [0.2, 0.25) is 0 Å². The van der Waals surface area contributed by atoms with Crippen molar-refractivity contribution >= 4 is 34.5 Å². The zero-order chi connectivity index (χ0) is 19.5. The Morgan fingerprint density at radius 2 is 1.29 bits per heavy atom. The maximum absolute atomic E-state index is 12.7. The van der Waals surface area contributed by atoms with Crippen molar-refractivity contribution in [3.8, 4) is 0 Å². The van der Waals surface area contributed by atoms with Gasteiger partial charge in [0.1, 0.15) is 10.7 Å². The molecule has 28 heavy (non-hydrogen) atoms. The molecule has 2 N–H and O–H groups in total. The highest BCUT2D eigenvalue weighted by Gasteiger charge is 2.31. The van der Waals surface area contributed by atoms with E-state index in [2.05, 4.69) is 10.6 Å². The molecule has 5 heteroatoms. The molecule has 0 radical (unpaired) electrons. The first-order valence-corrected chi connectivity index (χ1v) is 9.24. The third kappa shape index (κ3) is 3.55. The Labute approximate surface area is 167 Å². The van der Waals surface area contributed by atoms with Crippen LogP contribution in [0.15, 0.2) is 89.6 Å². The number of anilines is 2. The van der Waals surface area contributed by atoms with Gasteiger partial charge in [0, 0.05) is 29.0 Å². The molecule has 138 valence electrons. The summed E-state index contributed by atoms with van der Waals surface area (Å²) in [5.41, 5.74) is 3.64. The predicted molar refractivity (Wildman–Crippen MR) is 112 cm³/mol. The Morgan fingerprint density at radius 1 is 0.679 bits per heavy atom. The van der Waals surface area contributed by atoms with Crippen LogP contribution >= 0.6 is 11.6 Å². The molecule has 0 spiro atoms. The van der Waals surface area contributed by atoms with Gasteiger partial charge >= 0.3 is 0 Å². The molecule has 3 aromatic rings. The first-order chi connectivity index (χ1) is 13.6. The number of fused-ring (bicyclic) bond motifs is 1. The largest absolute Gasteiger partial charge is 0.381 e. The number of ketones is 2. The SMILES string of the molecule is O=C1C(Cl)=C(Nc2ccc(CNc3ccccc3)cc2)C(=O)c2ccccc21. The Kier molecular flexibility index (Phi) is 4.96. The number of rotatable bonds is 5. The van der Waals surface area contributed by atoms with Crippen LogP contribution in [0.4, 0.5) is 11.4 Å². The van der Waals surface area contributed by atoms with E-state index in [9.17, 15) is 9.59 Å². The van der Waals surface area contributed by atoms with Gasteiger partial charge in [0.25, 0.3) is 0 Å². The minimum Gasteiger partial charge on any atom is -0.381 e. The van der Waals surface area contributed by atoms with E-state index < -0.39 is 0 Å². The third-order valence-electron chi connectivity index (χ3n) is 4.56. The fourth-order valence-corrected chi connectivity index (χ4v) is 3.30. The molecule has 0 heterocycles. The number of nitrogens with one attached hydrogen (secondary N) is 2. The summed E-state index contributed by atoms with van der Waals surface area (Å²) in [6, 6.07) is 24.3. The smallest absolute Gasteiger partial charge is 0.211 e. The van der Waals surface area contributed by atoms with Crippen LogP contribution in [0.3, 0.4) is 0 Å². The molecule has 4 nitrogen and oxygen atoms in total. The molecule has 3 aromatic carbocycles. The zero-order valence-corrected chi connectivity index (χ0v) is 15.7. The van der Waals surface area contributed by atoms with Crippen molar-refractivity contribution in [3.63, 3.8) is 0 Å². The van der Waals surface area contributed by atoms with Gasteiger partial charge in [0.05, 0.1) is 0 Å². The minimum atomic E-state index is -0.344. The average Bonchev–Trinajstić information content (AvgIpc) is 2.75. The van der Waals surface area contributed by atoms with Crippen LogP contribution in [0.1, 0.15) is 26.3 Å². The van der Waals surface area contributed by atoms with E-state index in [0.29, 0.717) is 23.4 Å². The quantitative estimate of drug-likeness (QED) is 0.627. The molecule has 0 atom stereocenters. The number of allylic oxidation sites excluding steroid dienone is 2. The Hall–Kier alpha value is -3.37. The van der Waals surface area contributed by atoms with Gasteiger partial charge in [0.15, 0.2) is 0 Å². The number of carbonyl (C=O) groups excluding carboxylic acids is 2. The van der Waals surface area contributed by atoms with Gasteiger partial charge in [-0.1, -0.05) is 66.2 Å². The monoisotopic (exact) mass is 388 g/mol. The van der Waals surface area contributed by atoms with Crippen LogP contribution in [0, 0.1) is 0 Å². The minimum absolute atomic E-state index is 0.0847. The molecule has 1 aliphatic rings. The second kappa shape index (κ2) is 7.71. The molecule has 0 aliphatic heterocycles. The number of hydrogen-bond acceptors (Lipinski definition) is 4. The van der Waals surface area contributed by atoms with Crippen LogP contribution in [-0.4, -0.2) is 11.6 Å². The van der Waals surface area contributed by atoms with E-state index in [4.69, 9.17) is 11.6 Å². The number of hydrogen-bond donors (Lipinski definition) is 2. The average molecular weight is 389 g/mol. The van der Waals surface area contributed by atoms with Gasteiger partial charge in [0.2, 0.25) is 11.6 Å². The van der Waals surface area contributed by atoms with Crippen molar-refractivity contribution < 1.29 is 9.59 Å². The van der Waals surface area contributed by atoms with E-state index in [1.807, 2.05) is 54.6 Å². The number of para-hydroxylation sites is 1. The Balaban J connectivity index is 1.49. The second-order valence-corrected chi connectivity index (χ2v) is 6.81. The van der Waals surface area contributed by atoms with E-state index in [0.717, 1.165) is 11.3 Å². The molecule has 0 unspecified atom stereocenters. The summed E-state index contributed by atoms with van der Waals surface area (Å²) < 4.78 is 0. The van der Waals surface area contributed by atoms with Crippen molar-refractivity contribution in [1.82, 2.24) is 0 Å². The molecule has 0 amide bonds. The summed E-state index contributed by atoms with van der Waals surface area (Å²) in [4.78, 5) is 25.2. The predicted octanol–water partition coefficient (Wildman–Crippen LogP) is 5.24. The maximum atomic E-state index is 12.7. The Bertz CT molecular complexity index is 1070. The summed E-state index contributed by atoms with van der Waals surface area (Å²) in [7, 11) is 0. The van der Waals surface area contributed by atoms with Crippen molar-refractivity contribution in [2.24, 2.45) is 0 Å². The third-order valence-corrected chi connectivity index (χ3v) is 4.92. The number of Topliss-reactive ketones (excluding diaryl/α,β-unsaturated/α-hetero) is 2. The van der Waals surface area contributed by atoms with E-state index in [-0.39, 0.29) is 22.3 Å². The summed E-state index contributed by atoms with van der Waals surface area (Å²) in [6.07, 6.45) is 0. The number of halogens is 1. The van der Waals surface area contributed by atoms with Crippen LogP contribution in [0.5, 0.6) is 0 Å². The fraction of sp³-hybridized carbons (Fsp3) is 0.0435. The van der Waals surface area contributed by atoms with Gasteiger partial charge in [-0.3, -0.25) is 9.59 Å². The van der Waals surface area contributed by atoms with Crippen molar-refractivity contribution in [3.05, 3.63) is 106 Å². The molecule has 1 aliphatic carbocycles. The first kappa shape index (κ1) is 18.0. The lowest BCUT2D eigenvalue weighted by Gasteiger charge is -2.19. The van der Waals surface area contributed by atoms with Gasteiger partial charge in [-0.25, -0.2) is 0 Å². The van der Waals surface area contributed by atoms with Gasteiger partial charge in [-0.15, -0.1) is 0 Å². The van der Waals surface area contributed by atoms with Crippen LogP contribution in [0.25, 0.3) is 0 Å². The lowest BCUT2D eigenvalue weighted by atomic mass is 9.92. The van der Waals surface area contributed by atoms with Crippen molar-refractivity contribution in [1.29, 1.82) is 0 Å².